The number of carbonyl (C=O) groups excluding carboxylic acids is 1. The van der Waals surface area contributed by atoms with E-state index < -0.39 is 8.80 Å². The fourth-order valence-electron chi connectivity index (χ4n) is 6.20. The van der Waals surface area contributed by atoms with Gasteiger partial charge in [0.1, 0.15) is 0 Å². The first-order valence-electron chi connectivity index (χ1n) is 19.4. The number of rotatable bonds is 37. The molecular formula is C38H78O5Si. The van der Waals surface area contributed by atoms with Crippen LogP contribution in [0.4, 0.5) is 0 Å². The van der Waals surface area contributed by atoms with E-state index in [1.54, 1.807) is 21.3 Å². The molecule has 0 aliphatic carbocycles. The van der Waals surface area contributed by atoms with Gasteiger partial charge in [0.15, 0.2) is 0 Å². The third kappa shape index (κ3) is 30.2. The molecular weight excluding hydrogens is 564 g/mol. The second kappa shape index (κ2) is 35.4. The van der Waals surface area contributed by atoms with Gasteiger partial charge in [-0.1, -0.05) is 180 Å². The molecule has 0 saturated heterocycles. The fourth-order valence-corrected chi connectivity index (χ4v) is 7.99. The van der Waals surface area contributed by atoms with Crippen molar-refractivity contribution in [1.82, 2.24) is 0 Å². The van der Waals surface area contributed by atoms with Crippen molar-refractivity contribution in [2.75, 3.05) is 27.9 Å². The minimum atomic E-state index is -2.52. The summed E-state index contributed by atoms with van der Waals surface area (Å²) < 4.78 is 21.6. The van der Waals surface area contributed by atoms with Crippen molar-refractivity contribution in [3.8, 4) is 0 Å². The molecule has 0 saturated carbocycles. The second-order valence-corrected chi connectivity index (χ2v) is 16.4. The Morgan fingerprint density at radius 1 is 0.409 bits per heavy atom. The predicted molar refractivity (Wildman–Crippen MR) is 191 cm³/mol. The molecule has 0 amide bonds. The van der Waals surface area contributed by atoms with Crippen LogP contribution in [0.5, 0.6) is 0 Å². The van der Waals surface area contributed by atoms with Gasteiger partial charge in [-0.2, -0.15) is 0 Å². The molecule has 0 radical (unpaired) electrons. The zero-order valence-corrected chi connectivity index (χ0v) is 31.4. The Morgan fingerprint density at radius 3 is 1.00 bits per heavy atom. The van der Waals surface area contributed by atoms with Crippen LogP contribution in [0.25, 0.3) is 0 Å². The van der Waals surface area contributed by atoms with Gasteiger partial charge in [-0.25, -0.2) is 0 Å². The minimum absolute atomic E-state index is 0.0884. The summed E-state index contributed by atoms with van der Waals surface area (Å²) in [4.78, 5) is 11.9. The van der Waals surface area contributed by atoms with Crippen molar-refractivity contribution >= 4 is 14.8 Å². The van der Waals surface area contributed by atoms with Crippen molar-refractivity contribution in [3.63, 3.8) is 0 Å². The summed E-state index contributed by atoms with van der Waals surface area (Å²) >= 11 is 0. The predicted octanol–water partition coefficient (Wildman–Crippen LogP) is 12.5. The molecule has 0 aromatic rings. The smallest absolute Gasteiger partial charge is 0.466 e. The van der Waals surface area contributed by atoms with Crippen LogP contribution in [0.15, 0.2) is 0 Å². The Bertz CT molecular complexity index is 561. The lowest BCUT2D eigenvalue weighted by atomic mass is 10.0. The Balaban J connectivity index is 3.20. The Labute approximate surface area is 277 Å². The average Bonchev–Trinajstić information content (AvgIpc) is 3.04. The van der Waals surface area contributed by atoms with Gasteiger partial charge >= 0.3 is 14.8 Å². The zero-order chi connectivity index (χ0) is 32.2. The highest BCUT2D eigenvalue weighted by Crippen LogP contribution is 2.18. The third-order valence-corrected chi connectivity index (χ3v) is 12.1. The molecule has 264 valence electrons. The first-order chi connectivity index (χ1) is 21.6. The van der Waals surface area contributed by atoms with Crippen molar-refractivity contribution in [2.45, 2.75) is 212 Å². The van der Waals surface area contributed by atoms with E-state index in [4.69, 9.17) is 18.0 Å². The van der Waals surface area contributed by atoms with E-state index in [0.717, 1.165) is 31.7 Å². The molecule has 6 heteroatoms. The summed E-state index contributed by atoms with van der Waals surface area (Å²) in [6.45, 7) is 2.86. The molecule has 0 aromatic heterocycles. The highest BCUT2D eigenvalue weighted by Gasteiger charge is 2.36. The topological polar surface area (TPSA) is 54.0 Å². The first-order valence-corrected chi connectivity index (χ1v) is 21.4. The van der Waals surface area contributed by atoms with E-state index in [0.29, 0.717) is 13.0 Å². The van der Waals surface area contributed by atoms with Crippen LogP contribution in [-0.4, -0.2) is 42.7 Å². The normalized spacial score (nSPS) is 11.8. The van der Waals surface area contributed by atoms with Crippen LogP contribution in [-0.2, 0) is 22.8 Å². The van der Waals surface area contributed by atoms with Gasteiger partial charge in [-0.3, -0.25) is 4.79 Å². The van der Waals surface area contributed by atoms with Gasteiger partial charge in [0.25, 0.3) is 0 Å². The Hall–Kier alpha value is -0.433. The van der Waals surface area contributed by atoms with Gasteiger partial charge in [0.05, 0.1) is 6.61 Å². The van der Waals surface area contributed by atoms with E-state index in [1.807, 2.05) is 0 Å². The lowest BCUT2D eigenvalue weighted by Gasteiger charge is -2.24. The van der Waals surface area contributed by atoms with E-state index in [2.05, 4.69) is 6.92 Å². The van der Waals surface area contributed by atoms with Gasteiger partial charge in [0, 0.05) is 33.8 Å². The Kier molecular flexibility index (Phi) is 35.1. The van der Waals surface area contributed by atoms with Crippen LogP contribution >= 0.6 is 0 Å². The molecule has 0 unspecified atom stereocenters. The summed E-state index contributed by atoms with van der Waals surface area (Å²) in [5.41, 5.74) is 0. The number of esters is 1. The summed E-state index contributed by atoms with van der Waals surface area (Å²) in [5.74, 6) is -0.0884. The summed E-state index contributed by atoms with van der Waals surface area (Å²) in [7, 11) is 2.35. The summed E-state index contributed by atoms with van der Waals surface area (Å²) in [6, 6.07) is 0.726. The molecule has 0 aliphatic heterocycles. The van der Waals surface area contributed by atoms with Crippen LogP contribution in [0.1, 0.15) is 206 Å². The van der Waals surface area contributed by atoms with Gasteiger partial charge in [-0.15, -0.1) is 0 Å². The second-order valence-electron chi connectivity index (χ2n) is 13.3. The van der Waals surface area contributed by atoms with Crippen molar-refractivity contribution in [1.29, 1.82) is 0 Å². The molecule has 5 nitrogen and oxygen atoms in total. The number of hydrogen-bond acceptors (Lipinski definition) is 5. The van der Waals surface area contributed by atoms with Gasteiger partial charge in [-0.05, 0) is 19.3 Å². The van der Waals surface area contributed by atoms with Crippen molar-refractivity contribution in [3.05, 3.63) is 0 Å². The van der Waals surface area contributed by atoms with Crippen molar-refractivity contribution < 1.29 is 22.8 Å². The molecule has 0 rings (SSSR count). The van der Waals surface area contributed by atoms with Crippen molar-refractivity contribution in [2.24, 2.45) is 0 Å². The number of hydrogen-bond donors (Lipinski definition) is 0. The quantitative estimate of drug-likeness (QED) is 0.0383. The molecule has 0 N–H and O–H groups in total. The highest BCUT2D eigenvalue weighted by molar-refractivity contribution is 6.60. The van der Waals surface area contributed by atoms with Crippen LogP contribution in [0, 0.1) is 0 Å². The van der Waals surface area contributed by atoms with E-state index in [9.17, 15) is 4.79 Å². The molecule has 0 fully saturated rings. The lowest BCUT2D eigenvalue weighted by molar-refractivity contribution is -0.143. The van der Waals surface area contributed by atoms with E-state index >= 15 is 0 Å². The third-order valence-electron chi connectivity index (χ3n) is 9.31. The number of unbranched alkanes of at least 4 members (excludes halogenated alkanes) is 28. The van der Waals surface area contributed by atoms with E-state index in [-0.39, 0.29) is 5.97 Å². The lowest BCUT2D eigenvalue weighted by Crippen LogP contribution is -2.42. The summed E-state index contributed by atoms with van der Waals surface area (Å²) in [5, 5.41) is 0. The largest absolute Gasteiger partial charge is 0.500 e. The molecule has 0 aromatic carbocycles. The van der Waals surface area contributed by atoms with Gasteiger partial charge in [0.2, 0.25) is 0 Å². The average molecular weight is 643 g/mol. The maximum Gasteiger partial charge on any atom is 0.500 e. The monoisotopic (exact) mass is 643 g/mol. The van der Waals surface area contributed by atoms with E-state index in [1.165, 1.54) is 167 Å². The number of ether oxygens (including phenoxy) is 1. The highest BCUT2D eigenvalue weighted by atomic mass is 28.4. The Morgan fingerprint density at radius 2 is 0.705 bits per heavy atom. The standard InChI is InChI=1S/C38H78O5Si/c1-5-6-7-8-9-10-11-12-13-14-15-16-17-18-19-20-21-22-23-24-25-26-27-28-29-30-31-33-36-43-38(39)35-32-34-37-44(40-2,41-3)42-4/h5-37H2,1-4H3. The maximum absolute atomic E-state index is 11.9. The molecule has 0 heterocycles. The zero-order valence-electron chi connectivity index (χ0n) is 30.4. The fraction of sp³-hybridized carbons (Fsp3) is 0.974. The maximum atomic E-state index is 11.9. The molecule has 0 aliphatic rings. The SMILES string of the molecule is CCCCCCCCCCCCCCCCCCCCCCCCCCCCCCOC(=O)CCCC[Si](OC)(OC)OC. The van der Waals surface area contributed by atoms with Crippen LogP contribution in [0.2, 0.25) is 6.04 Å². The molecule has 0 bridgehead atoms. The minimum Gasteiger partial charge on any atom is -0.466 e. The molecule has 0 spiro atoms. The first kappa shape index (κ1) is 43.6. The van der Waals surface area contributed by atoms with Crippen LogP contribution < -0.4 is 0 Å². The molecule has 0 atom stereocenters. The van der Waals surface area contributed by atoms with Gasteiger partial charge < -0.3 is 18.0 Å². The molecule has 44 heavy (non-hydrogen) atoms. The number of carbonyl (C=O) groups is 1. The van der Waals surface area contributed by atoms with Crippen LogP contribution in [0.3, 0.4) is 0 Å². The summed E-state index contributed by atoms with van der Waals surface area (Å²) in [6.07, 6.45) is 41.5.